The monoisotopic (exact) mass is 218 g/mol. The molecular weight excluding hydrogens is 204 g/mol. The lowest BCUT2D eigenvalue weighted by Crippen LogP contribution is -2.03. The first-order valence-corrected chi connectivity index (χ1v) is 4.81. The van der Waals surface area contributed by atoms with Crippen LogP contribution in [0.5, 0.6) is 5.75 Å². The highest BCUT2D eigenvalue weighted by atomic mass is 16.5. The second kappa shape index (κ2) is 5.75. The van der Waals surface area contributed by atoms with Gasteiger partial charge in [-0.3, -0.25) is 0 Å². The van der Waals surface area contributed by atoms with Crippen LogP contribution in [0.3, 0.4) is 0 Å². The highest BCUT2D eigenvalue weighted by Crippen LogP contribution is 2.22. The number of hydrogen-bond donors (Lipinski definition) is 0. The van der Waals surface area contributed by atoms with Crippen LogP contribution in [0.25, 0.3) is 6.08 Å². The first kappa shape index (κ1) is 12.0. The lowest BCUT2D eigenvalue weighted by atomic mass is 10.1. The van der Waals surface area contributed by atoms with Crippen LogP contribution >= 0.6 is 0 Å². The van der Waals surface area contributed by atoms with E-state index in [4.69, 9.17) is 4.74 Å². The average Bonchev–Trinajstić information content (AvgIpc) is 2.34. The second-order valence-electron chi connectivity index (χ2n) is 3.05. The normalized spacial score (nSPS) is 9.31. The van der Waals surface area contributed by atoms with Gasteiger partial charge in [-0.25, -0.2) is 4.79 Å². The van der Waals surface area contributed by atoms with E-state index in [0.29, 0.717) is 17.9 Å². The van der Waals surface area contributed by atoms with Gasteiger partial charge >= 0.3 is 5.97 Å². The smallest absolute Gasteiger partial charge is 0.337 e. The van der Waals surface area contributed by atoms with Gasteiger partial charge in [0.05, 0.1) is 12.7 Å². The zero-order valence-electron chi connectivity index (χ0n) is 9.23. The minimum Gasteiger partial charge on any atom is -0.489 e. The van der Waals surface area contributed by atoms with Crippen molar-refractivity contribution in [3.05, 3.63) is 48.6 Å². The number of methoxy groups -OCH3 is 1. The van der Waals surface area contributed by atoms with Crippen molar-refractivity contribution in [1.82, 2.24) is 0 Å². The molecule has 1 aromatic rings. The maximum atomic E-state index is 11.3. The molecular formula is C13H14O3. The summed E-state index contributed by atoms with van der Waals surface area (Å²) in [5.41, 5.74) is 1.28. The van der Waals surface area contributed by atoms with E-state index in [9.17, 15) is 4.79 Å². The van der Waals surface area contributed by atoms with Crippen molar-refractivity contribution < 1.29 is 14.3 Å². The minimum absolute atomic E-state index is 0.380. The van der Waals surface area contributed by atoms with Gasteiger partial charge in [-0.15, -0.1) is 0 Å². The standard InChI is InChI=1S/C13H14O3/c1-4-8-16-12-9-11(13(14)15-3)7-6-10(12)5-2/h4-7,9H,1-2,8H2,3H3. The summed E-state index contributed by atoms with van der Waals surface area (Å²) in [6, 6.07) is 5.06. The fourth-order valence-electron chi connectivity index (χ4n) is 1.22. The van der Waals surface area contributed by atoms with Crippen LogP contribution in [0.1, 0.15) is 15.9 Å². The Morgan fingerprint density at radius 3 is 2.75 bits per heavy atom. The fourth-order valence-corrected chi connectivity index (χ4v) is 1.22. The highest BCUT2D eigenvalue weighted by Gasteiger charge is 2.08. The van der Waals surface area contributed by atoms with Gasteiger partial charge in [-0.05, 0) is 12.1 Å². The topological polar surface area (TPSA) is 35.5 Å². The highest BCUT2D eigenvalue weighted by molar-refractivity contribution is 5.90. The van der Waals surface area contributed by atoms with E-state index in [1.165, 1.54) is 7.11 Å². The van der Waals surface area contributed by atoms with Gasteiger partial charge < -0.3 is 9.47 Å². The Hall–Kier alpha value is -2.03. The van der Waals surface area contributed by atoms with E-state index in [0.717, 1.165) is 5.56 Å². The van der Waals surface area contributed by atoms with E-state index in [2.05, 4.69) is 17.9 Å². The van der Waals surface area contributed by atoms with Crippen LogP contribution in [0, 0.1) is 0 Å². The van der Waals surface area contributed by atoms with Crippen LogP contribution in [-0.4, -0.2) is 19.7 Å². The Morgan fingerprint density at radius 1 is 1.44 bits per heavy atom. The Bertz CT molecular complexity index is 408. The maximum absolute atomic E-state index is 11.3. The molecule has 0 aromatic heterocycles. The predicted octanol–water partition coefficient (Wildman–Crippen LogP) is 2.68. The molecule has 0 unspecified atom stereocenters. The molecule has 0 aliphatic heterocycles. The molecule has 0 bridgehead atoms. The van der Waals surface area contributed by atoms with Crippen LogP contribution in [0.15, 0.2) is 37.4 Å². The molecule has 0 saturated heterocycles. The number of ether oxygens (including phenoxy) is 2. The van der Waals surface area contributed by atoms with Crippen molar-refractivity contribution in [3.8, 4) is 5.75 Å². The SMILES string of the molecule is C=CCOc1cc(C(=O)OC)ccc1C=C. The summed E-state index contributed by atoms with van der Waals surface area (Å²) in [6.07, 6.45) is 3.30. The number of carbonyl (C=O) groups excluding carboxylic acids is 1. The quantitative estimate of drug-likeness (QED) is 0.563. The predicted molar refractivity (Wildman–Crippen MR) is 63.6 cm³/mol. The third kappa shape index (κ3) is 2.73. The first-order valence-electron chi connectivity index (χ1n) is 4.81. The molecule has 0 atom stereocenters. The lowest BCUT2D eigenvalue weighted by Gasteiger charge is -2.08. The second-order valence-corrected chi connectivity index (χ2v) is 3.05. The van der Waals surface area contributed by atoms with Crippen molar-refractivity contribution in [1.29, 1.82) is 0 Å². The molecule has 0 radical (unpaired) electrons. The largest absolute Gasteiger partial charge is 0.489 e. The van der Waals surface area contributed by atoms with Gasteiger partial charge in [-0.1, -0.05) is 31.4 Å². The Kier molecular flexibility index (Phi) is 4.33. The van der Waals surface area contributed by atoms with Gasteiger partial charge in [0.1, 0.15) is 12.4 Å². The summed E-state index contributed by atoms with van der Waals surface area (Å²) in [7, 11) is 1.34. The fraction of sp³-hybridized carbons (Fsp3) is 0.154. The molecule has 16 heavy (non-hydrogen) atoms. The van der Waals surface area contributed by atoms with Crippen LogP contribution < -0.4 is 4.74 Å². The molecule has 0 aliphatic rings. The van der Waals surface area contributed by atoms with E-state index in [1.807, 2.05) is 0 Å². The van der Waals surface area contributed by atoms with Crippen LogP contribution in [0.2, 0.25) is 0 Å². The first-order chi connectivity index (χ1) is 7.72. The number of hydrogen-bond acceptors (Lipinski definition) is 3. The van der Waals surface area contributed by atoms with E-state index < -0.39 is 0 Å². The van der Waals surface area contributed by atoms with Gasteiger partial charge in [0.2, 0.25) is 0 Å². The van der Waals surface area contributed by atoms with Crippen molar-refractivity contribution in [2.24, 2.45) is 0 Å². The molecule has 0 aliphatic carbocycles. The molecule has 1 aromatic carbocycles. The number of esters is 1. The summed E-state index contributed by atoms with van der Waals surface area (Å²) in [6.45, 7) is 7.62. The van der Waals surface area contributed by atoms with E-state index in [-0.39, 0.29) is 5.97 Å². The van der Waals surface area contributed by atoms with Gasteiger partial charge in [0, 0.05) is 5.56 Å². The average molecular weight is 218 g/mol. The van der Waals surface area contributed by atoms with Crippen molar-refractivity contribution >= 4 is 12.0 Å². The Labute approximate surface area is 95.0 Å². The zero-order chi connectivity index (χ0) is 12.0. The lowest BCUT2D eigenvalue weighted by molar-refractivity contribution is 0.0600. The summed E-state index contributed by atoms with van der Waals surface area (Å²) in [5.74, 6) is 0.205. The molecule has 0 spiro atoms. The molecule has 0 N–H and O–H groups in total. The molecule has 3 nitrogen and oxygen atoms in total. The Balaban J connectivity index is 3.05. The third-order valence-electron chi connectivity index (χ3n) is 2.01. The summed E-state index contributed by atoms with van der Waals surface area (Å²) in [5, 5.41) is 0. The Morgan fingerprint density at radius 2 is 2.19 bits per heavy atom. The summed E-state index contributed by atoms with van der Waals surface area (Å²) in [4.78, 5) is 11.3. The molecule has 0 fully saturated rings. The van der Waals surface area contributed by atoms with Crippen LogP contribution in [0.4, 0.5) is 0 Å². The van der Waals surface area contributed by atoms with E-state index >= 15 is 0 Å². The number of carbonyl (C=O) groups is 1. The van der Waals surface area contributed by atoms with Crippen molar-refractivity contribution in [2.75, 3.05) is 13.7 Å². The van der Waals surface area contributed by atoms with Crippen molar-refractivity contribution in [3.63, 3.8) is 0 Å². The van der Waals surface area contributed by atoms with Gasteiger partial charge in [0.25, 0.3) is 0 Å². The molecule has 0 amide bonds. The zero-order valence-corrected chi connectivity index (χ0v) is 9.23. The molecule has 0 saturated carbocycles. The summed E-state index contributed by atoms with van der Waals surface area (Å²) < 4.78 is 10.0. The number of rotatable bonds is 5. The molecule has 0 heterocycles. The molecule has 1 rings (SSSR count). The van der Waals surface area contributed by atoms with Gasteiger partial charge in [0.15, 0.2) is 0 Å². The maximum Gasteiger partial charge on any atom is 0.337 e. The molecule has 3 heteroatoms. The van der Waals surface area contributed by atoms with Crippen LogP contribution in [-0.2, 0) is 4.74 Å². The third-order valence-corrected chi connectivity index (χ3v) is 2.01. The van der Waals surface area contributed by atoms with E-state index in [1.54, 1.807) is 30.4 Å². The minimum atomic E-state index is -0.390. The molecule has 84 valence electrons. The van der Waals surface area contributed by atoms with Crippen molar-refractivity contribution in [2.45, 2.75) is 0 Å². The summed E-state index contributed by atoms with van der Waals surface area (Å²) >= 11 is 0. The van der Waals surface area contributed by atoms with Gasteiger partial charge in [-0.2, -0.15) is 0 Å². The number of benzene rings is 1.